The highest BCUT2D eigenvalue weighted by atomic mass is 35.5. The van der Waals surface area contributed by atoms with Crippen molar-refractivity contribution in [2.45, 2.75) is 31.7 Å². The molecule has 0 aliphatic carbocycles. The van der Waals surface area contributed by atoms with Crippen LogP contribution in [0.5, 0.6) is 0 Å². The molecule has 2 aromatic carbocycles. The van der Waals surface area contributed by atoms with Crippen molar-refractivity contribution in [1.82, 2.24) is 4.57 Å². The van der Waals surface area contributed by atoms with Gasteiger partial charge >= 0.3 is 5.97 Å². The van der Waals surface area contributed by atoms with E-state index in [2.05, 4.69) is 4.57 Å². The van der Waals surface area contributed by atoms with Gasteiger partial charge in [0.25, 0.3) is 0 Å². The molecule has 0 unspecified atom stereocenters. The smallest absolute Gasteiger partial charge is 0.309 e. The molecule has 3 aromatic rings. The summed E-state index contributed by atoms with van der Waals surface area (Å²) in [6.45, 7) is 3.99. The molecule has 0 saturated carbocycles. The van der Waals surface area contributed by atoms with Crippen molar-refractivity contribution in [3.8, 4) is 0 Å². The molecule has 0 aliphatic heterocycles. The number of hydrogen-bond donors (Lipinski definition) is 1. The molecule has 0 bridgehead atoms. The number of nitrogens with zero attached hydrogens (tertiary/aromatic N) is 1. The summed E-state index contributed by atoms with van der Waals surface area (Å²) in [5, 5.41) is 11.1. The third-order valence-electron chi connectivity index (χ3n) is 4.73. The van der Waals surface area contributed by atoms with Gasteiger partial charge in [-0.3, -0.25) is 4.79 Å². The second-order valence-corrected chi connectivity index (χ2v) is 8.47. The van der Waals surface area contributed by atoms with E-state index in [9.17, 15) is 14.3 Å². The highest BCUT2D eigenvalue weighted by molar-refractivity contribution is 7.98. The van der Waals surface area contributed by atoms with Crippen LogP contribution in [0.25, 0.3) is 10.9 Å². The SMILES string of the molecule is CSc1c(CC(C)(C)C(=O)O)n(Cc2ccc(Cl)cc2)c2ccc(F)cc12. The third kappa shape index (κ3) is 3.99. The van der Waals surface area contributed by atoms with Crippen LogP contribution >= 0.6 is 23.4 Å². The number of halogens is 2. The Hall–Kier alpha value is -1.98. The van der Waals surface area contributed by atoms with Crippen molar-refractivity contribution in [3.63, 3.8) is 0 Å². The van der Waals surface area contributed by atoms with Crippen molar-refractivity contribution in [1.29, 1.82) is 0 Å². The van der Waals surface area contributed by atoms with E-state index in [4.69, 9.17) is 11.6 Å². The number of aliphatic carboxylic acids is 1. The molecule has 0 amide bonds. The van der Waals surface area contributed by atoms with Crippen molar-refractivity contribution < 1.29 is 14.3 Å². The van der Waals surface area contributed by atoms with Crippen LogP contribution in [0.1, 0.15) is 25.1 Å². The first kappa shape index (κ1) is 19.8. The molecule has 1 aromatic heterocycles. The number of benzene rings is 2. The first-order valence-corrected chi connectivity index (χ1v) is 10.2. The third-order valence-corrected chi connectivity index (χ3v) is 5.84. The minimum atomic E-state index is -0.935. The van der Waals surface area contributed by atoms with Crippen molar-refractivity contribution >= 4 is 40.2 Å². The highest BCUT2D eigenvalue weighted by Gasteiger charge is 2.31. The van der Waals surface area contributed by atoms with Crippen LogP contribution in [-0.4, -0.2) is 21.9 Å². The van der Waals surface area contributed by atoms with Gasteiger partial charge in [0, 0.05) is 39.5 Å². The predicted molar refractivity (Wildman–Crippen MR) is 109 cm³/mol. The van der Waals surface area contributed by atoms with Gasteiger partial charge in [-0.2, -0.15) is 0 Å². The van der Waals surface area contributed by atoms with E-state index in [1.54, 1.807) is 19.9 Å². The Bertz CT molecular complexity index is 996. The molecule has 0 saturated heterocycles. The van der Waals surface area contributed by atoms with Crippen molar-refractivity contribution in [2.75, 3.05) is 6.26 Å². The molecule has 0 aliphatic rings. The number of thioether (sulfide) groups is 1. The molecule has 1 N–H and O–H groups in total. The molecule has 3 nitrogen and oxygen atoms in total. The lowest BCUT2D eigenvalue weighted by molar-refractivity contribution is -0.146. The van der Waals surface area contributed by atoms with Gasteiger partial charge in [-0.15, -0.1) is 11.8 Å². The van der Waals surface area contributed by atoms with Crippen LogP contribution in [0.15, 0.2) is 47.4 Å². The monoisotopic (exact) mass is 405 g/mol. The molecule has 0 fully saturated rings. The second-order valence-electron chi connectivity index (χ2n) is 7.22. The van der Waals surface area contributed by atoms with Crippen LogP contribution in [-0.2, 0) is 17.8 Å². The Morgan fingerprint density at radius 1 is 1.22 bits per heavy atom. The fourth-order valence-electron chi connectivity index (χ4n) is 3.20. The van der Waals surface area contributed by atoms with E-state index >= 15 is 0 Å². The minimum Gasteiger partial charge on any atom is -0.481 e. The average Bonchev–Trinajstić information content (AvgIpc) is 2.88. The van der Waals surface area contributed by atoms with Gasteiger partial charge < -0.3 is 9.67 Å². The standard InChI is InChI=1S/C21H21ClFNO2S/c1-21(2,20(25)26)11-18-19(27-3)16-10-15(23)8-9-17(16)24(18)12-13-4-6-14(22)7-5-13/h4-10H,11-12H2,1-3H3,(H,25,26). The van der Waals surface area contributed by atoms with Crippen LogP contribution in [0.4, 0.5) is 4.39 Å². The van der Waals surface area contributed by atoms with E-state index in [0.717, 1.165) is 27.1 Å². The first-order valence-electron chi connectivity index (χ1n) is 8.55. The van der Waals surface area contributed by atoms with Crippen LogP contribution < -0.4 is 0 Å². The van der Waals surface area contributed by atoms with Crippen LogP contribution in [0.3, 0.4) is 0 Å². The number of rotatable bonds is 6. The number of carboxylic acid groups (broad SMARTS) is 1. The summed E-state index contributed by atoms with van der Waals surface area (Å²) >= 11 is 7.51. The van der Waals surface area contributed by atoms with Gasteiger partial charge in [0.1, 0.15) is 5.82 Å². The molecule has 0 radical (unpaired) electrons. The number of carboxylic acids is 1. The molecular weight excluding hydrogens is 385 g/mol. The summed E-state index contributed by atoms with van der Waals surface area (Å²) in [7, 11) is 0. The lowest BCUT2D eigenvalue weighted by atomic mass is 9.88. The van der Waals surface area contributed by atoms with Gasteiger partial charge in [0.15, 0.2) is 0 Å². The lowest BCUT2D eigenvalue weighted by Gasteiger charge is -2.21. The summed E-state index contributed by atoms with van der Waals surface area (Å²) in [4.78, 5) is 12.6. The van der Waals surface area contributed by atoms with Gasteiger partial charge in [-0.1, -0.05) is 23.7 Å². The van der Waals surface area contributed by atoms with Crippen molar-refractivity contribution in [3.05, 3.63) is 64.6 Å². The maximum Gasteiger partial charge on any atom is 0.309 e. The van der Waals surface area contributed by atoms with Crippen LogP contribution in [0, 0.1) is 11.2 Å². The van der Waals surface area contributed by atoms with E-state index in [1.807, 2.05) is 30.5 Å². The highest BCUT2D eigenvalue weighted by Crippen LogP contribution is 2.37. The Balaban J connectivity index is 2.20. The van der Waals surface area contributed by atoms with E-state index in [0.29, 0.717) is 18.0 Å². The summed E-state index contributed by atoms with van der Waals surface area (Å²) < 4.78 is 16.0. The van der Waals surface area contributed by atoms with Crippen LogP contribution in [0.2, 0.25) is 5.02 Å². The fraction of sp³-hybridized carbons (Fsp3) is 0.286. The quantitative estimate of drug-likeness (QED) is 0.522. The zero-order valence-electron chi connectivity index (χ0n) is 15.4. The van der Waals surface area contributed by atoms with Gasteiger partial charge in [-0.25, -0.2) is 4.39 Å². The van der Waals surface area contributed by atoms with Crippen molar-refractivity contribution in [2.24, 2.45) is 5.41 Å². The molecule has 0 atom stereocenters. The maximum absolute atomic E-state index is 13.9. The number of aromatic nitrogens is 1. The number of carbonyl (C=O) groups is 1. The Kier molecular flexibility index (Phi) is 5.54. The molecule has 142 valence electrons. The number of fused-ring (bicyclic) bond motifs is 1. The van der Waals surface area contributed by atoms with E-state index < -0.39 is 11.4 Å². The maximum atomic E-state index is 13.9. The summed E-state index contributed by atoms with van der Waals surface area (Å²) in [5.74, 6) is -1.16. The zero-order chi connectivity index (χ0) is 19.8. The summed E-state index contributed by atoms with van der Waals surface area (Å²) in [6, 6.07) is 12.3. The molecular formula is C21H21ClFNO2S. The van der Waals surface area contributed by atoms with Gasteiger partial charge in [0.05, 0.1) is 5.41 Å². The summed E-state index contributed by atoms with van der Waals surface area (Å²) in [5.41, 5.74) is 1.91. The van der Waals surface area contributed by atoms with E-state index in [1.165, 1.54) is 23.9 Å². The lowest BCUT2D eigenvalue weighted by Crippen LogP contribution is -2.27. The second kappa shape index (κ2) is 7.56. The Labute approximate surface area is 167 Å². The summed E-state index contributed by atoms with van der Waals surface area (Å²) in [6.07, 6.45) is 2.28. The zero-order valence-corrected chi connectivity index (χ0v) is 17.0. The normalized spacial score (nSPS) is 11.9. The van der Waals surface area contributed by atoms with Gasteiger partial charge in [0.2, 0.25) is 0 Å². The largest absolute Gasteiger partial charge is 0.481 e. The molecule has 6 heteroatoms. The average molecular weight is 406 g/mol. The molecule has 27 heavy (non-hydrogen) atoms. The topological polar surface area (TPSA) is 42.2 Å². The minimum absolute atomic E-state index is 0.300. The first-order chi connectivity index (χ1) is 12.7. The number of hydrogen-bond acceptors (Lipinski definition) is 2. The Morgan fingerprint density at radius 2 is 1.89 bits per heavy atom. The molecule has 1 heterocycles. The Morgan fingerprint density at radius 3 is 2.48 bits per heavy atom. The fourth-order valence-corrected chi connectivity index (χ4v) is 4.13. The van der Waals surface area contributed by atoms with E-state index in [-0.39, 0.29) is 5.82 Å². The molecule has 3 rings (SSSR count). The van der Waals surface area contributed by atoms with Gasteiger partial charge in [-0.05, 0) is 56.0 Å². The molecule has 0 spiro atoms. The predicted octanol–water partition coefficient (Wildman–Crippen LogP) is 5.86.